The predicted octanol–water partition coefficient (Wildman–Crippen LogP) is 5.36. The number of halogens is 2. The molecular weight excluding hydrogens is 299 g/mol. The Morgan fingerprint density at radius 2 is 1.42 bits per heavy atom. The van der Waals surface area contributed by atoms with Gasteiger partial charge in [0.25, 0.3) is 0 Å². The van der Waals surface area contributed by atoms with Crippen molar-refractivity contribution in [2.24, 2.45) is 0 Å². The summed E-state index contributed by atoms with van der Waals surface area (Å²) in [5.74, 6) is 0.0941. The van der Waals surface area contributed by atoms with Crippen molar-refractivity contribution in [1.29, 1.82) is 0 Å². The molecule has 0 spiro atoms. The van der Waals surface area contributed by atoms with E-state index < -0.39 is 0 Å². The lowest BCUT2D eigenvalue weighted by atomic mass is 10.1. The van der Waals surface area contributed by atoms with Crippen LogP contribution in [-0.4, -0.2) is 11.0 Å². The molecule has 4 heteroatoms. The molecule has 0 aliphatic heterocycles. The molecule has 19 heavy (non-hydrogen) atoms. The van der Waals surface area contributed by atoms with E-state index in [1.165, 1.54) is 11.8 Å². The first-order chi connectivity index (χ1) is 9.06. The Morgan fingerprint density at radius 3 is 1.95 bits per heavy atom. The molecule has 0 aromatic heterocycles. The monoisotopic (exact) mass is 310 g/mol. The van der Waals surface area contributed by atoms with E-state index in [4.69, 9.17) is 23.2 Å². The number of benzene rings is 2. The van der Waals surface area contributed by atoms with E-state index in [1.807, 2.05) is 31.2 Å². The topological polar surface area (TPSA) is 17.1 Å². The van der Waals surface area contributed by atoms with Crippen LogP contribution in [0, 0.1) is 0 Å². The average Bonchev–Trinajstić information content (AvgIpc) is 2.41. The molecule has 0 bridgehead atoms. The molecule has 98 valence electrons. The number of rotatable bonds is 4. The number of hydrogen-bond donors (Lipinski definition) is 0. The Bertz CT molecular complexity index is 564. The van der Waals surface area contributed by atoms with Gasteiger partial charge in [0, 0.05) is 20.5 Å². The molecular formula is C15H12Cl2OS. The van der Waals surface area contributed by atoms with Gasteiger partial charge in [0.15, 0.2) is 5.78 Å². The highest BCUT2D eigenvalue weighted by atomic mass is 35.5. The molecule has 0 radical (unpaired) electrons. The van der Waals surface area contributed by atoms with Gasteiger partial charge in [-0.25, -0.2) is 0 Å². The Kier molecular flexibility index (Phi) is 4.92. The van der Waals surface area contributed by atoms with Gasteiger partial charge in [0.1, 0.15) is 0 Å². The quantitative estimate of drug-likeness (QED) is 0.559. The standard InChI is InChI=1S/C15H12Cl2OS/c1-10(19-14-8-6-13(17)7-9-14)15(18)11-2-4-12(16)5-3-11/h2-10H,1H3/t10-/m0/s1. The largest absolute Gasteiger partial charge is 0.293 e. The van der Waals surface area contributed by atoms with Crippen molar-refractivity contribution in [3.05, 3.63) is 64.1 Å². The number of ketones is 1. The number of hydrogen-bond acceptors (Lipinski definition) is 2. The zero-order chi connectivity index (χ0) is 13.8. The normalized spacial score (nSPS) is 12.2. The van der Waals surface area contributed by atoms with Gasteiger partial charge in [-0.3, -0.25) is 4.79 Å². The summed E-state index contributed by atoms with van der Waals surface area (Å²) >= 11 is 13.2. The zero-order valence-electron chi connectivity index (χ0n) is 10.3. The van der Waals surface area contributed by atoms with Crippen molar-refractivity contribution < 1.29 is 4.79 Å². The molecule has 2 aromatic rings. The average molecular weight is 311 g/mol. The third-order valence-corrected chi connectivity index (χ3v) is 4.24. The van der Waals surface area contributed by atoms with Crippen molar-refractivity contribution >= 4 is 40.7 Å². The fraction of sp³-hybridized carbons (Fsp3) is 0.133. The first kappa shape index (κ1) is 14.4. The predicted molar refractivity (Wildman–Crippen MR) is 82.6 cm³/mol. The number of Topliss-reactive ketones (excluding diaryl/α,β-unsaturated/α-hetero) is 1. The minimum Gasteiger partial charge on any atom is -0.293 e. The summed E-state index contributed by atoms with van der Waals surface area (Å²) in [7, 11) is 0. The zero-order valence-corrected chi connectivity index (χ0v) is 12.6. The first-order valence-corrected chi connectivity index (χ1v) is 7.42. The summed E-state index contributed by atoms with van der Waals surface area (Å²) in [6.07, 6.45) is 0. The molecule has 0 amide bonds. The molecule has 1 atom stereocenters. The third kappa shape index (κ3) is 4.00. The molecule has 0 heterocycles. The summed E-state index contributed by atoms with van der Waals surface area (Å²) < 4.78 is 0. The van der Waals surface area contributed by atoms with Crippen LogP contribution >= 0.6 is 35.0 Å². The van der Waals surface area contributed by atoms with Crippen molar-refractivity contribution in [3.63, 3.8) is 0 Å². The number of thioether (sulfide) groups is 1. The van der Waals surface area contributed by atoms with E-state index in [0.29, 0.717) is 15.6 Å². The lowest BCUT2D eigenvalue weighted by Gasteiger charge is -2.10. The highest BCUT2D eigenvalue weighted by Gasteiger charge is 2.16. The molecule has 2 aromatic carbocycles. The lowest BCUT2D eigenvalue weighted by Crippen LogP contribution is -2.13. The number of carbonyl (C=O) groups is 1. The van der Waals surface area contributed by atoms with E-state index in [0.717, 1.165) is 4.90 Å². The van der Waals surface area contributed by atoms with Gasteiger partial charge in [-0.15, -0.1) is 11.8 Å². The van der Waals surface area contributed by atoms with Crippen LogP contribution in [0.5, 0.6) is 0 Å². The van der Waals surface area contributed by atoms with E-state index in [1.54, 1.807) is 24.3 Å². The highest BCUT2D eigenvalue weighted by Crippen LogP contribution is 2.27. The second kappa shape index (κ2) is 6.47. The smallest absolute Gasteiger partial charge is 0.175 e. The number of carbonyl (C=O) groups excluding carboxylic acids is 1. The van der Waals surface area contributed by atoms with Gasteiger partial charge < -0.3 is 0 Å². The van der Waals surface area contributed by atoms with Crippen molar-refractivity contribution in [1.82, 2.24) is 0 Å². The summed E-state index contributed by atoms with van der Waals surface area (Å²) in [4.78, 5) is 13.3. The minimum atomic E-state index is -0.151. The lowest BCUT2D eigenvalue weighted by molar-refractivity contribution is 0.0994. The fourth-order valence-electron chi connectivity index (χ4n) is 1.62. The van der Waals surface area contributed by atoms with Crippen LogP contribution in [0.3, 0.4) is 0 Å². The second-order valence-electron chi connectivity index (χ2n) is 4.09. The maximum atomic E-state index is 12.2. The van der Waals surface area contributed by atoms with Gasteiger partial charge in [-0.1, -0.05) is 23.2 Å². The second-order valence-corrected chi connectivity index (χ2v) is 6.37. The molecule has 0 saturated carbocycles. The van der Waals surface area contributed by atoms with Gasteiger partial charge in [-0.05, 0) is 55.5 Å². The third-order valence-electron chi connectivity index (χ3n) is 2.62. The maximum Gasteiger partial charge on any atom is 0.175 e. The van der Waals surface area contributed by atoms with E-state index >= 15 is 0 Å². The Labute approximate surface area is 126 Å². The van der Waals surface area contributed by atoms with Crippen LogP contribution in [0.25, 0.3) is 0 Å². The Morgan fingerprint density at radius 1 is 0.947 bits per heavy atom. The van der Waals surface area contributed by atoms with Crippen LogP contribution in [0.4, 0.5) is 0 Å². The Balaban J connectivity index is 2.07. The summed E-state index contributed by atoms with van der Waals surface area (Å²) in [6, 6.07) is 14.4. The van der Waals surface area contributed by atoms with Gasteiger partial charge in [0.2, 0.25) is 0 Å². The van der Waals surface area contributed by atoms with Crippen LogP contribution in [0.2, 0.25) is 10.0 Å². The molecule has 1 nitrogen and oxygen atoms in total. The van der Waals surface area contributed by atoms with E-state index in [-0.39, 0.29) is 11.0 Å². The molecule has 0 fully saturated rings. The Hall–Kier alpha value is -0.960. The molecule has 0 aliphatic carbocycles. The van der Waals surface area contributed by atoms with Gasteiger partial charge >= 0.3 is 0 Å². The summed E-state index contributed by atoms with van der Waals surface area (Å²) in [5, 5.41) is 1.18. The first-order valence-electron chi connectivity index (χ1n) is 5.78. The summed E-state index contributed by atoms with van der Waals surface area (Å²) in [5.41, 5.74) is 0.679. The van der Waals surface area contributed by atoms with Crippen molar-refractivity contribution in [2.75, 3.05) is 0 Å². The highest BCUT2D eigenvalue weighted by molar-refractivity contribution is 8.00. The van der Waals surface area contributed by atoms with Crippen LogP contribution in [-0.2, 0) is 0 Å². The fourth-order valence-corrected chi connectivity index (χ4v) is 2.82. The van der Waals surface area contributed by atoms with Crippen molar-refractivity contribution in [3.8, 4) is 0 Å². The van der Waals surface area contributed by atoms with Gasteiger partial charge in [0.05, 0.1) is 5.25 Å². The SMILES string of the molecule is C[C@H](Sc1ccc(Cl)cc1)C(=O)c1ccc(Cl)cc1. The van der Waals surface area contributed by atoms with Crippen LogP contribution in [0.15, 0.2) is 53.4 Å². The van der Waals surface area contributed by atoms with Crippen LogP contribution < -0.4 is 0 Å². The van der Waals surface area contributed by atoms with E-state index in [9.17, 15) is 4.79 Å². The molecule has 0 N–H and O–H groups in total. The molecule has 0 unspecified atom stereocenters. The maximum absolute atomic E-state index is 12.2. The summed E-state index contributed by atoms with van der Waals surface area (Å²) in [6.45, 7) is 1.90. The molecule has 2 rings (SSSR count). The molecule has 0 aliphatic rings. The molecule has 0 saturated heterocycles. The van der Waals surface area contributed by atoms with Crippen molar-refractivity contribution in [2.45, 2.75) is 17.1 Å². The van der Waals surface area contributed by atoms with Crippen LogP contribution in [0.1, 0.15) is 17.3 Å². The van der Waals surface area contributed by atoms with Gasteiger partial charge in [-0.2, -0.15) is 0 Å². The van der Waals surface area contributed by atoms with E-state index in [2.05, 4.69) is 0 Å². The minimum absolute atomic E-state index is 0.0941.